The molecule has 1 N–H and O–H groups in total. The van der Waals surface area contributed by atoms with Gasteiger partial charge in [-0.3, -0.25) is 9.78 Å². The van der Waals surface area contributed by atoms with Crippen LogP contribution in [0, 0.1) is 0 Å². The molecular weight excluding hydrogens is 328 g/mol. The average Bonchev–Trinajstić information content (AvgIpc) is 2.69. The second kappa shape index (κ2) is 8.67. The van der Waals surface area contributed by atoms with Crippen molar-refractivity contribution in [2.75, 3.05) is 6.61 Å². The van der Waals surface area contributed by atoms with Gasteiger partial charge in [-0.15, -0.1) is 0 Å². The van der Waals surface area contributed by atoms with Crippen LogP contribution in [0.5, 0.6) is 17.2 Å². The van der Waals surface area contributed by atoms with E-state index in [2.05, 4.69) is 10.3 Å². The predicted molar refractivity (Wildman–Crippen MR) is 99.5 cm³/mol. The number of carbonyl (C=O) groups is 1. The first kappa shape index (κ1) is 17.5. The molecule has 0 spiro atoms. The first-order valence-electron chi connectivity index (χ1n) is 8.42. The number of benzene rings is 2. The first-order chi connectivity index (χ1) is 12.7. The van der Waals surface area contributed by atoms with Crippen molar-refractivity contribution < 1.29 is 14.3 Å². The van der Waals surface area contributed by atoms with Crippen molar-refractivity contribution >= 4 is 5.91 Å². The summed E-state index contributed by atoms with van der Waals surface area (Å²) in [6, 6.07) is 18.6. The molecule has 0 radical (unpaired) electrons. The zero-order valence-corrected chi connectivity index (χ0v) is 14.5. The maximum absolute atomic E-state index is 12.1. The first-order valence-corrected chi connectivity index (χ1v) is 8.42. The van der Waals surface area contributed by atoms with E-state index in [1.54, 1.807) is 24.5 Å². The molecule has 5 heteroatoms. The van der Waals surface area contributed by atoms with Gasteiger partial charge in [0.05, 0.1) is 12.2 Å². The van der Waals surface area contributed by atoms with Crippen molar-refractivity contribution in [1.29, 1.82) is 0 Å². The number of aromatic nitrogens is 1. The summed E-state index contributed by atoms with van der Waals surface area (Å²) in [7, 11) is 0. The maximum Gasteiger partial charge on any atom is 0.253 e. The summed E-state index contributed by atoms with van der Waals surface area (Å²) in [4.78, 5) is 16.0. The van der Waals surface area contributed by atoms with Gasteiger partial charge in [-0.2, -0.15) is 0 Å². The Bertz CT molecular complexity index is 849. The Morgan fingerprint density at radius 2 is 1.81 bits per heavy atom. The summed E-state index contributed by atoms with van der Waals surface area (Å²) in [5, 5.41) is 2.88. The molecular formula is C21H20N2O3. The van der Waals surface area contributed by atoms with Gasteiger partial charge in [0.1, 0.15) is 17.2 Å². The number of nitrogens with one attached hydrogen (secondary N) is 1. The summed E-state index contributed by atoms with van der Waals surface area (Å²) in [6.07, 6.45) is 3.18. The molecule has 1 amide bonds. The molecule has 0 aliphatic carbocycles. The van der Waals surface area contributed by atoms with Crippen molar-refractivity contribution in [2.45, 2.75) is 13.5 Å². The minimum absolute atomic E-state index is 0.157. The Morgan fingerprint density at radius 3 is 2.54 bits per heavy atom. The van der Waals surface area contributed by atoms with Gasteiger partial charge in [-0.25, -0.2) is 0 Å². The smallest absolute Gasteiger partial charge is 0.253 e. The van der Waals surface area contributed by atoms with E-state index in [1.165, 1.54) is 0 Å². The lowest BCUT2D eigenvalue weighted by Crippen LogP contribution is -2.22. The second-order valence-corrected chi connectivity index (χ2v) is 5.58. The van der Waals surface area contributed by atoms with E-state index in [0.29, 0.717) is 24.5 Å². The van der Waals surface area contributed by atoms with E-state index < -0.39 is 0 Å². The Balaban J connectivity index is 1.60. The summed E-state index contributed by atoms with van der Waals surface area (Å²) < 4.78 is 11.3. The SMILES string of the molecule is CCOc1ccc(Oc2cccc(CNC(=O)c3cccnc3)c2)cc1. The van der Waals surface area contributed by atoms with Crippen molar-refractivity contribution in [2.24, 2.45) is 0 Å². The van der Waals surface area contributed by atoms with Gasteiger partial charge in [0.2, 0.25) is 0 Å². The van der Waals surface area contributed by atoms with Gasteiger partial charge < -0.3 is 14.8 Å². The summed E-state index contributed by atoms with van der Waals surface area (Å²) >= 11 is 0. The zero-order chi connectivity index (χ0) is 18.2. The molecule has 0 atom stereocenters. The van der Waals surface area contributed by atoms with Crippen LogP contribution in [0.15, 0.2) is 73.1 Å². The third-order valence-corrected chi connectivity index (χ3v) is 3.65. The number of hydrogen-bond donors (Lipinski definition) is 1. The van der Waals surface area contributed by atoms with Gasteiger partial charge in [0, 0.05) is 18.9 Å². The number of nitrogens with zero attached hydrogens (tertiary/aromatic N) is 1. The Kier molecular flexibility index (Phi) is 5.83. The van der Waals surface area contributed by atoms with Crippen LogP contribution in [-0.4, -0.2) is 17.5 Å². The predicted octanol–water partition coefficient (Wildman–Crippen LogP) is 4.20. The lowest BCUT2D eigenvalue weighted by atomic mass is 10.2. The van der Waals surface area contributed by atoms with Crippen LogP contribution in [-0.2, 0) is 6.54 Å². The maximum atomic E-state index is 12.1. The quantitative estimate of drug-likeness (QED) is 0.695. The molecule has 5 nitrogen and oxygen atoms in total. The Hall–Kier alpha value is -3.34. The fourth-order valence-corrected chi connectivity index (χ4v) is 2.41. The molecule has 0 aliphatic rings. The minimum atomic E-state index is -0.157. The van der Waals surface area contributed by atoms with Crippen LogP contribution in [0.3, 0.4) is 0 Å². The highest BCUT2D eigenvalue weighted by atomic mass is 16.5. The van der Waals surface area contributed by atoms with Crippen LogP contribution in [0.4, 0.5) is 0 Å². The highest BCUT2D eigenvalue weighted by Gasteiger charge is 2.05. The van der Waals surface area contributed by atoms with Crippen LogP contribution in [0.2, 0.25) is 0 Å². The molecule has 0 unspecified atom stereocenters. The van der Waals surface area contributed by atoms with Gasteiger partial charge in [-0.1, -0.05) is 12.1 Å². The Morgan fingerprint density at radius 1 is 1.00 bits per heavy atom. The molecule has 0 bridgehead atoms. The minimum Gasteiger partial charge on any atom is -0.494 e. The van der Waals surface area contributed by atoms with Crippen molar-refractivity contribution in [3.63, 3.8) is 0 Å². The number of ether oxygens (including phenoxy) is 2. The molecule has 1 aromatic heterocycles. The summed E-state index contributed by atoms with van der Waals surface area (Å²) in [5.41, 5.74) is 1.49. The highest BCUT2D eigenvalue weighted by Crippen LogP contribution is 2.24. The average molecular weight is 348 g/mol. The van der Waals surface area contributed by atoms with Crippen molar-refractivity contribution in [1.82, 2.24) is 10.3 Å². The second-order valence-electron chi connectivity index (χ2n) is 5.58. The molecule has 26 heavy (non-hydrogen) atoms. The number of carbonyl (C=O) groups excluding carboxylic acids is 1. The molecule has 3 aromatic rings. The van der Waals surface area contributed by atoms with Crippen LogP contribution in [0.25, 0.3) is 0 Å². The molecule has 3 rings (SSSR count). The van der Waals surface area contributed by atoms with Crippen LogP contribution in [0.1, 0.15) is 22.8 Å². The van der Waals surface area contributed by atoms with E-state index in [9.17, 15) is 4.79 Å². The fourth-order valence-electron chi connectivity index (χ4n) is 2.41. The molecule has 0 saturated heterocycles. The third kappa shape index (κ3) is 4.83. The van der Waals surface area contributed by atoms with E-state index in [-0.39, 0.29) is 5.91 Å². The molecule has 0 fully saturated rings. The highest BCUT2D eigenvalue weighted by molar-refractivity contribution is 5.93. The van der Waals surface area contributed by atoms with Gasteiger partial charge in [-0.05, 0) is 61.0 Å². The fraction of sp³-hybridized carbons (Fsp3) is 0.143. The van der Waals surface area contributed by atoms with Crippen molar-refractivity contribution in [3.8, 4) is 17.2 Å². The molecule has 0 saturated carbocycles. The lowest BCUT2D eigenvalue weighted by Gasteiger charge is -2.10. The number of hydrogen-bond acceptors (Lipinski definition) is 4. The summed E-state index contributed by atoms with van der Waals surface area (Å²) in [5.74, 6) is 2.09. The third-order valence-electron chi connectivity index (χ3n) is 3.65. The van der Waals surface area contributed by atoms with E-state index in [1.807, 2.05) is 55.5 Å². The van der Waals surface area contributed by atoms with E-state index >= 15 is 0 Å². The summed E-state index contributed by atoms with van der Waals surface area (Å²) in [6.45, 7) is 2.99. The number of amides is 1. The normalized spacial score (nSPS) is 10.2. The van der Waals surface area contributed by atoms with Gasteiger partial charge in [0.15, 0.2) is 0 Å². The van der Waals surface area contributed by atoms with Crippen molar-refractivity contribution in [3.05, 3.63) is 84.2 Å². The van der Waals surface area contributed by atoms with E-state index in [0.717, 1.165) is 17.1 Å². The largest absolute Gasteiger partial charge is 0.494 e. The molecule has 132 valence electrons. The van der Waals surface area contributed by atoms with Crippen LogP contribution < -0.4 is 14.8 Å². The van der Waals surface area contributed by atoms with Gasteiger partial charge in [0.25, 0.3) is 5.91 Å². The molecule has 2 aromatic carbocycles. The number of rotatable bonds is 7. The van der Waals surface area contributed by atoms with Crippen LogP contribution >= 0.6 is 0 Å². The molecule has 0 aliphatic heterocycles. The zero-order valence-electron chi connectivity index (χ0n) is 14.5. The van der Waals surface area contributed by atoms with Gasteiger partial charge >= 0.3 is 0 Å². The topological polar surface area (TPSA) is 60.5 Å². The van der Waals surface area contributed by atoms with E-state index in [4.69, 9.17) is 9.47 Å². The Labute approximate surface area is 152 Å². The monoisotopic (exact) mass is 348 g/mol. The lowest BCUT2D eigenvalue weighted by molar-refractivity contribution is 0.0950. The molecule has 1 heterocycles. The standard InChI is InChI=1S/C21H20N2O3/c1-2-25-18-8-10-19(11-9-18)26-20-7-3-5-16(13-20)14-23-21(24)17-6-4-12-22-15-17/h3-13,15H,2,14H2,1H3,(H,23,24). The number of pyridine rings is 1.